The number of benzene rings is 1. The van der Waals surface area contributed by atoms with Gasteiger partial charge in [-0.25, -0.2) is 0 Å². The molecule has 1 nitrogen and oxygen atoms in total. The largest absolute Gasteiger partial charge is 0.508 e. The molecule has 0 bridgehead atoms. The highest BCUT2D eigenvalue weighted by Gasteiger charge is 2.25. The molecule has 1 N–H and O–H groups in total. The first-order chi connectivity index (χ1) is 6.59. The molecule has 0 aliphatic carbocycles. The van der Waals surface area contributed by atoms with Crippen molar-refractivity contribution in [2.24, 2.45) is 0 Å². The fourth-order valence-electron chi connectivity index (χ4n) is 2.69. The first-order valence-corrected chi connectivity index (χ1v) is 5.43. The summed E-state index contributed by atoms with van der Waals surface area (Å²) in [5.41, 5.74) is 4.09. The summed E-state index contributed by atoms with van der Waals surface area (Å²) < 4.78 is 0. The van der Waals surface area contributed by atoms with Crippen molar-refractivity contribution in [2.45, 2.75) is 39.3 Å². The molecule has 0 fully saturated rings. The molecule has 1 aliphatic heterocycles. The Labute approximate surface area is 86.2 Å². The van der Waals surface area contributed by atoms with Crippen molar-refractivity contribution >= 4 is 12.2 Å². The molecule has 1 aliphatic rings. The smallest absolute Gasteiger partial charge is 0.173 e. The third-order valence-corrected chi connectivity index (χ3v) is 3.46. The standard InChI is InChI=1S/C12H17BO/c1-8-4-5-13(3)11-7-10(14)6-9(2)12(8)11/h6-8,14H,4-5H2,1-3H3. The highest BCUT2D eigenvalue weighted by Crippen LogP contribution is 2.30. The predicted octanol–water partition coefficient (Wildman–Crippen LogP) is 2.54. The predicted molar refractivity (Wildman–Crippen MR) is 61.9 cm³/mol. The van der Waals surface area contributed by atoms with E-state index in [-0.39, 0.29) is 0 Å². The van der Waals surface area contributed by atoms with Crippen molar-refractivity contribution < 1.29 is 5.11 Å². The fraction of sp³-hybridized carbons (Fsp3) is 0.500. The van der Waals surface area contributed by atoms with Gasteiger partial charge in [0.25, 0.3) is 0 Å². The summed E-state index contributed by atoms with van der Waals surface area (Å²) in [6.45, 7) is 7.25. The highest BCUT2D eigenvalue weighted by molar-refractivity contribution is 6.72. The van der Waals surface area contributed by atoms with Crippen LogP contribution in [0.4, 0.5) is 0 Å². The first kappa shape index (κ1) is 9.63. The van der Waals surface area contributed by atoms with Gasteiger partial charge in [0.15, 0.2) is 6.71 Å². The van der Waals surface area contributed by atoms with Crippen molar-refractivity contribution in [3.63, 3.8) is 0 Å². The van der Waals surface area contributed by atoms with Gasteiger partial charge in [-0.1, -0.05) is 32.0 Å². The van der Waals surface area contributed by atoms with Crippen molar-refractivity contribution in [1.82, 2.24) is 0 Å². The molecule has 0 radical (unpaired) electrons. The van der Waals surface area contributed by atoms with E-state index < -0.39 is 0 Å². The van der Waals surface area contributed by atoms with Gasteiger partial charge in [0.1, 0.15) is 5.75 Å². The lowest BCUT2D eigenvalue weighted by Crippen LogP contribution is -2.35. The SMILES string of the molecule is CB1CCC(C)c2c(C)cc(O)cc21. The monoisotopic (exact) mass is 188 g/mol. The Bertz CT molecular complexity index is 360. The van der Waals surface area contributed by atoms with Crippen LogP contribution in [0, 0.1) is 6.92 Å². The molecule has 1 aromatic rings. The van der Waals surface area contributed by atoms with Gasteiger partial charge < -0.3 is 5.11 Å². The molecule has 0 saturated heterocycles. The summed E-state index contributed by atoms with van der Waals surface area (Å²) in [6.07, 6.45) is 2.52. The highest BCUT2D eigenvalue weighted by atomic mass is 16.3. The molecule has 1 heterocycles. The van der Waals surface area contributed by atoms with Crippen LogP contribution in [0.1, 0.15) is 30.4 Å². The lowest BCUT2D eigenvalue weighted by atomic mass is 9.39. The minimum atomic E-state index is 0.419. The van der Waals surface area contributed by atoms with E-state index in [0.29, 0.717) is 18.4 Å². The molecule has 1 atom stereocenters. The maximum absolute atomic E-state index is 9.57. The molecule has 0 amide bonds. The molecular formula is C12H17BO. The summed E-state index contributed by atoms with van der Waals surface area (Å²) in [5, 5.41) is 9.57. The Hall–Kier alpha value is -0.915. The molecule has 0 spiro atoms. The van der Waals surface area contributed by atoms with Crippen LogP contribution >= 0.6 is 0 Å². The van der Waals surface area contributed by atoms with Gasteiger partial charge in [0.2, 0.25) is 0 Å². The minimum absolute atomic E-state index is 0.419. The molecular weight excluding hydrogens is 171 g/mol. The van der Waals surface area contributed by atoms with E-state index in [2.05, 4.69) is 20.7 Å². The zero-order valence-electron chi connectivity index (χ0n) is 9.17. The van der Waals surface area contributed by atoms with Crippen LogP contribution in [0.25, 0.3) is 0 Å². The average Bonchev–Trinajstić information content (AvgIpc) is 2.10. The number of phenolic OH excluding ortho intramolecular Hbond substituents is 1. The van der Waals surface area contributed by atoms with Crippen LogP contribution in [0.2, 0.25) is 13.1 Å². The number of hydrogen-bond acceptors (Lipinski definition) is 1. The van der Waals surface area contributed by atoms with Gasteiger partial charge in [0, 0.05) is 0 Å². The van der Waals surface area contributed by atoms with Gasteiger partial charge in [-0.2, -0.15) is 0 Å². The molecule has 14 heavy (non-hydrogen) atoms. The molecule has 1 unspecified atom stereocenters. The molecule has 2 rings (SSSR count). The quantitative estimate of drug-likeness (QED) is 0.620. The fourth-order valence-corrected chi connectivity index (χ4v) is 2.69. The Morgan fingerprint density at radius 1 is 1.43 bits per heavy atom. The van der Waals surface area contributed by atoms with E-state index in [1.807, 2.05) is 12.1 Å². The van der Waals surface area contributed by atoms with Crippen molar-refractivity contribution in [3.8, 4) is 5.75 Å². The van der Waals surface area contributed by atoms with Gasteiger partial charge >= 0.3 is 0 Å². The van der Waals surface area contributed by atoms with Crippen LogP contribution in [-0.4, -0.2) is 11.8 Å². The van der Waals surface area contributed by atoms with Gasteiger partial charge in [-0.15, -0.1) is 0 Å². The number of hydrogen-bond donors (Lipinski definition) is 1. The lowest BCUT2D eigenvalue weighted by molar-refractivity contribution is 0.474. The average molecular weight is 188 g/mol. The van der Waals surface area contributed by atoms with Gasteiger partial charge in [-0.05, 0) is 36.1 Å². The summed E-state index contributed by atoms with van der Waals surface area (Å²) in [7, 11) is 0. The van der Waals surface area contributed by atoms with Crippen molar-refractivity contribution in [3.05, 3.63) is 23.3 Å². The minimum Gasteiger partial charge on any atom is -0.508 e. The van der Waals surface area contributed by atoms with E-state index in [0.717, 1.165) is 0 Å². The third kappa shape index (κ3) is 1.43. The van der Waals surface area contributed by atoms with E-state index in [4.69, 9.17) is 0 Å². The zero-order chi connectivity index (χ0) is 10.3. The van der Waals surface area contributed by atoms with E-state index >= 15 is 0 Å². The Morgan fingerprint density at radius 2 is 2.14 bits per heavy atom. The summed E-state index contributed by atoms with van der Waals surface area (Å²) >= 11 is 0. The number of phenols is 1. The van der Waals surface area contributed by atoms with Gasteiger partial charge in [0.05, 0.1) is 0 Å². The van der Waals surface area contributed by atoms with E-state index in [9.17, 15) is 5.11 Å². The van der Waals surface area contributed by atoms with Crippen LogP contribution in [0.3, 0.4) is 0 Å². The van der Waals surface area contributed by atoms with Gasteiger partial charge in [-0.3, -0.25) is 0 Å². The topological polar surface area (TPSA) is 20.2 Å². The Morgan fingerprint density at radius 3 is 2.86 bits per heavy atom. The number of aromatic hydroxyl groups is 1. The van der Waals surface area contributed by atoms with Crippen LogP contribution in [-0.2, 0) is 0 Å². The summed E-state index contributed by atoms with van der Waals surface area (Å²) in [6, 6.07) is 3.83. The third-order valence-electron chi connectivity index (χ3n) is 3.46. The molecule has 1 aromatic carbocycles. The maximum Gasteiger partial charge on any atom is 0.173 e. The zero-order valence-corrected chi connectivity index (χ0v) is 9.17. The second-order valence-corrected chi connectivity index (χ2v) is 4.65. The van der Waals surface area contributed by atoms with Crippen LogP contribution < -0.4 is 5.46 Å². The Balaban J connectivity index is 2.60. The molecule has 0 aromatic heterocycles. The van der Waals surface area contributed by atoms with Crippen molar-refractivity contribution in [1.29, 1.82) is 0 Å². The molecule has 0 saturated carbocycles. The van der Waals surface area contributed by atoms with E-state index in [1.54, 1.807) is 0 Å². The first-order valence-electron chi connectivity index (χ1n) is 5.43. The van der Waals surface area contributed by atoms with Crippen molar-refractivity contribution in [2.75, 3.05) is 0 Å². The Kier molecular flexibility index (Phi) is 2.30. The summed E-state index contributed by atoms with van der Waals surface area (Å²) in [4.78, 5) is 0. The maximum atomic E-state index is 9.57. The van der Waals surface area contributed by atoms with E-state index in [1.165, 1.54) is 29.3 Å². The second-order valence-electron chi connectivity index (χ2n) is 4.65. The normalized spacial score (nSPS) is 20.8. The van der Waals surface area contributed by atoms with Crippen LogP contribution in [0.5, 0.6) is 5.75 Å². The molecule has 74 valence electrons. The molecule has 2 heteroatoms. The second kappa shape index (κ2) is 3.34. The number of rotatable bonds is 0. The van der Waals surface area contributed by atoms with Crippen LogP contribution in [0.15, 0.2) is 12.1 Å². The lowest BCUT2D eigenvalue weighted by Gasteiger charge is -2.27. The number of aryl methyl sites for hydroxylation is 1. The number of fused-ring (bicyclic) bond motifs is 1. The summed E-state index contributed by atoms with van der Waals surface area (Å²) in [5.74, 6) is 1.07.